The molecule has 7 heteroatoms. The van der Waals surface area contributed by atoms with Gasteiger partial charge >= 0.3 is 0 Å². The highest BCUT2D eigenvalue weighted by Gasteiger charge is 2.22. The van der Waals surface area contributed by atoms with Crippen molar-refractivity contribution in [1.29, 1.82) is 0 Å². The number of piperazine rings is 1. The number of amides is 2. The first-order chi connectivity index (χ1) is 12.1. The van der Waals surface area contributed by atoms with Crippen LogP contribution in [0.4, 0.5) is 0 Å². The first-order valence-corrected chi connectivity index (χ1v) is 8.54. The summed E-state index contributed by atoms with van der Waals surface area (Å²) in [5, 5.41) is 8.09. The number of nitrogens with zero attached hydrogens (tertiary/aromatic N) is 4. The molecule has 3 rings (SSSR count). The van der Waals surface area contributed by atoms with E-state index in [-0.39, 0.29) is 11.8 Å². The summed E-state index contributed by atoms with van der Waals surface area (Å²) in [4.78, 5) is 27.1. The average molecular weight is 342 g/mol. The maximum atomic E-state index is 12.2. The molecule has 0 unspecified atom stereocenters. The summed E-state index contributed by atoms with van der Waals surface area (Å²) in [5.74, 6) is 1.24. The van der Waals surface area contributed by atoms with Crippen molar-refractivity contribution in [3.05, 3.63) is 36.2 Å². The predicted molar refractivity (Wildman–Crippen MR) is 91.5 cm³/mol. The Bertz CT molecular complexity index is 721. The third-order valence-corrected chi connectivity index (χ3v) is 4.35. The Morgan fingerprint density at radius 2 is 1.72 bits per heavy atom. The Morgan fingerprint density at radius 1 is 1.04 bits per heavy atom. The molecule has 1 aromatic carbocycles. The zero-order valence-corrected chi connectivity index (χ0v) is 14.4. The smallest absolute Gasteiger partial charge is 0.247 e. The molecule has 1 fully saturated rings. The molecule has 2 amide bonds. The van der Waals surface area contributed by atoms with Gasteiger partial charge in [-0.2, -0.15) is 0 Å². The summed E-state index contributed by atoms with van der Waals surface area (Å²) in [7, 11) is 0. The van der Waals surface area contributed by atoms with Crippen LogP contribution in [0.15, 0.2) is 34.7 Å². The molecular formula is C18H22N4O3. The largest absolute Gasteiger partial charge is 0.421 e. The zero-order valence-electron chi connectivity index (χ0n) is 14.4. The summed E-state index contributed by atoms with van der Waals surface area (Å²) in [6, 6.07) is 9.61. The molecule has 1 saturated heterocycles. The van der Waals surface area contributed by atoms with Gasteiger partial charge in [-0.3, -0.25) is 9.59 Å². The molecule has 0 spiro atoms. The van der Waals surface area contributed by atoms with Crippen molar-refractivity contribution in [2.75, 3.05) is 26.2 Å². The fraction of sp³-hybridized carbons (Fsp3) is 0.444. The minimum absolute atomic E-state index is 0.0673. The first-order valence-electron chi connectivity index (χ1n) is 8.54. The Balaban J connectivity index is 1.43. The number of carbonyl (C=O) groups is 2. The lowest BCUT2D eigenvalue weighted by molar-refractivity contribution is -0.138. The molecule has 0 aliphatic carbocycles. The van der Waals surface area contributed by atoms with Crippen molar-refractivity contribution >= 4 is 11.8 Å². The van der Waals surface area contributed by atoms with Gasteiger partial charge < -0.3 is 14.2 Å². The molecule has 1 aliphatic heterocycles. The van der Waals surface area contributed by atoms with Crippen LogP contribution >= 0.6 is 0 Å². The molecule has 132 valence electrons. The molecule has 2 aromatic rings. The van der Waals surface area contributed by atoms with Gasteiger partial charge in [0.05, 0.1) is 0 Å². The normalized spacial score (nSPS) is 14.6. The Kier molecular flexibility index (Phi) is 5.42. The molecule has 0 N–H and O–H groups in total. The number of aromatic nitrogens is 2. The van der Waals surface area contributed by atoms with Crippen molar-refractivity contribution in [3.63, 3.8) is 0 Å². The molecular weight excluding hydrogens is 320 g/mol. The first kappa shape index (κ1) is 17.1. The van der Waals surface area contributed by atoms with Gasteiger partial charge in [-0.1, -0.05) is 18.2 Å². The molecule has 2 heterocycles. The number of benzene rings is 1. The minimum Gasteiger partial charge on any atom is -0.421 e. The van der Waals surface area contributed by atoms with Crippen LogP contribution in [0.25, 0.3) is 11.5 Å². The third kappa shape index (κ3) is 4.43. The van der Waals surface area contributed by atoms with Crippen LogP contribution in [0.3, 0.4) is 0 Å². The number of carbonyl (C=O) groups excluding carboxylic acids is 2. The minimum atomic E-state index is 0.0673. The van der Waals surface area contributed by atoms with Gasteiger partial charge in [0.2, 0.25) is 23.6 Å². The summed E-state index contributed by atoms with van der Waals surface area (Å²) in [6.07, 6.45) is 1.70. The van der Waals surface area contributed by atoms with E-state index in [0.717, 1.165) is 5.56 Å². The predicted octanol–water partition coefficient (Wildman–Crippen LogP) is 1.75. The maximum absolute atomic E-state index is 12.2. The highest BCUT2D eigenvalue weighted by molar-refractivity contribution is 5.77. The van der Waals surface area contributed by atoms with E-state index in [1.165, 1.54) is 0 Å². The van der Waals surface area contributed by atoms with Crippen molar-refractivity contribution in [2.24, 2.45) is 0 Å². The Labute approximate surface area is 146 Å². The van der Waals surface area contributed by atoms with Gasteiger partial charge in [0, 0.05) is 51.5 Å². The van der Waals surface area contributed by atoms with Crippen LogP contribution in [0, 0.1) is 0 Å². The lowest BCUT2D eigenvalue weighted by atomic mass is 10.2. The molecule has 7 nitrogen and oxygen atoms in total. The highest BCUT2D eigenvalue weighted by Crippen LogP contribution is 2.18. The fourth-order valence-corrected chi connectivity index (χ4v) is 2.87. The van der Waals surface area contributed by atoms with Crippen molar-refractivity contribution < 1.29 is 14.0 Å². The second kappa shape index (κ2) is 7.92. The number of hydrogen-bond acceptors (Lipinski definition) is 5. The second-order valence-corrected chi connectivity index (χ2v) is 6.11. The SMILES string of the molecule is CC(=O)N1CCN(C(=O)CCCc2nnc(-c3ccccc3)o2)CC1. The Hall–Kier alpha value is -2.70. The zero-order chi connectivity index (χ0) is 17.6. The monoisotopic (exact) mass is 342 g/mol. The van der Waals surface area contributed by atoms with Crippen LogP contribution in [-0.4, -0.2) is 58.0 Å². The van der Waals surface area contributed by atoms with Crippen LogP contribution in [0.2, 0.25) is 0 Å². The van der Waals surface area contributed by atoms with Gasteiger partial charge in [0.15, 0.2) is 0 Å². The van der Waals surface area contributed by atoms with Crippen LogP contribution < -0.4 is 0 Å². The average Bonchev–Trinajstić information content (AvgIpc) is 3.11. The van der Waals surface area contributed by atoms with Gasteiger partial charge in [-0.15, -0.1) is 10.2 Å². The Morgan fingerprint density at radius 3 is 2.40 bits per heavy atom. The molecule has 25 heavy (non-hydrogen) atoms. The van der Waals surface area contributed by atoms with E-state index < -0.39 is 0 Å². The lowest BCUT2D eigenvalue weighted by Gasteiger charge is -2.34. The maximum Gasteiger partial charge on any atom is 0.247 e. The van der Waals surface area contributed by atoms with Crippen molar-refractivity contribution in [3.8, 4) is 11.5 Å². The van der Waals surface area contributed by atoms with Crippen molar-refractivity contribution in [1.82, 2.24) is 20.0 Å². The lowest BCUT2D eigenvalue weighted by Crippen LogP contribution is -2.50. The fourth-order valence-electron chi connectivity index (χ4n) is 2.87. The number of hydrogen-bond donors (Lipinski definition) is 0. The van der Waals surface area contributed by atoms with Crippen molar-refractivity contribution in [2.45, 2.75) is 26.2 Å². The standard InChI is InChI=1S/C18H22N4O3/c1-14(23)21-10-12-22(13-11-21)17(24)9-5-8-16-19-20-18(25-16)15-6-3-2-4-7-15/h2-4,6-7H,5,8-13H2,1H3. The summed E-state index contributed by atoms with van der Waals surface area (Å²) >= 11 is 0. The van der Waals surface area contributed by atoms with Crippen LogP contribution in [-0.2, 0) is 16.0 Å². The van der Waals surface area contributed by atoms with E-state index in [0.29, 0.717) is 57.2 Å². The number of aryl methyl sites for hydroxylation is 1. The highest BCUT2D eigenvalue weighted by atomic mass is 16.4. The van der Waals surface area contributed by atoms with Crippen LogP contribution in [0.1, 0.15) is 25.7 Å². The third-order valence-electron chi connectivity index (χ3n) is 4.35. The number of rotatable bonds is 5. The second-order valence-electron chi connectivity index (χ2n) is 6.11. The van der Waals surface area contributed by atoms with Gasteiger partial charge in [0.25, 0.3) is 0 Å². The summed E-state index contributed by atoms with van der Waals surface area (Å²) < 4.78 is 5.65. The molecule has 0 radical (unpaired) electrons. The van der Waals surface area contributed by atoms with Gasteiger partial charge in [-0.05, 0) is 18.6 Å². The summed E-state index contributed by atoms with van der Waals surface area (Å²) in [5.41, 5.74) is 0.890. The van der Waals surface area contributed by atoms with E-state index in [4.69, 9.17) is 4.42 Å². The molecule has 0 saturated carbocycles. The van der Waals surface area contributed by atoms with E-state index in [1.54, 1.807) is 11.8 Å². The molecule has 1 aliphatic rings. The van der Waals surface area contributed by atoms with E-state index in [2.05, 4.69) is 10.2 Å². The molecule has 1 aromatic heterocycles. The van der Waals surface area contributed by atoms with E-state index >= 15 is 0 Å². The van der Waals surface area contributed by atoms with Gasteiger partial charge in [0.1, 0.15) is 0 Å². The topological polar surface area (TPSA) is 79.5 Å². The van der Waals surface area contributed by atoms with Gasteiger partial charge in [-0.25, -0.2) is 0 Å². The van der Waals surface area contributed by atoms with Crippen LogP contribution in [0.5, 0.6) is 0 Å². The van der Waals surface area contributed by atoms with E-state index in [1.807, 2.05) is 35.2 Å². The summed E-state index contributed by atoms with van der Waals surface area (Å²) in [6.45, 7) is 4.01. The van der Waals surface area contributed by atoms with E-state index in [9.17, 15) is 9.59 Å². The molecule has 0 atom stereocenters. The molecule has 0 bridgehead atoms. The quantitative estimate of drug-likeness (QED) is 0.827.